The van der Waals surface area contributed by atoms with Crippen molar-refractivity contribution in [3.8, 4) is 11.6 Å². The Kier molecular flexibility index (Phi) is 2.89. The molecule has 0 bridgehead atoms. The van der Waals surface area contributed by atoms with Crippen LogP contribution in [0, 0.1) is 0 Å². The summed E-state index contributed by atoms with van der Waals surface area (Å²) in [6.45, 7) is -0.174. The van der Waals surface area contributed by atoms with E-state index in [1.807, 2.05) is 0 Å². The first kappa shape index (κ1) is 11.4. The molecule has 8 heteroatoms. The van der Waals surface area contributed by atoms with Crippen molar-refractivity contribution in [2.45, 2.75) is 12.9 Å². The van der Waals surface area contributed by atoms with Gasteiger partial charge in [0.15, 0.2) is 5.75 Å². The highest BCUT2D eigenvalue weighted by Gasteiger charge is 2.33. The molecule has 0 spiro atoms. The number of alkyl halides is 3. The van der Waals surface area contributed by atoms with Gasteiger partial charge in [0, 0.05) is 12.1 Å². The molecule has 0 aliphatic heterocycles. The summed E-state index contributed by atoms with van der Waals surface area (Å²) in [5.74, 6) is -1.97. The normalized spacial score (nSPS) is 11.5. The van der Waals surface area contributed by atoms with Crippen molar-refractivity contribution in [1.82, 2.24) is 4.98 Å². The number of rotatable bonds is 2. The number of aromatic nitrogens is 1. The van der Waals surface area contributed by atoms with Crippen molar-refractivity contribution in [2.75, 3.05) is 5.73 Å². The van der Waals surface area contributed by atoms with Gasteiger partial charge < -0.3 is 21.3 Å². The van der Waals surface area contributed by atoms with Gasteiger partial charge in [-0.05, 0) is 6.07 Å². The molecule has 0 aromatic carbocycles. The van der Waals surface area contributed by atoms with E-state index in [-0.39, 0.29) is 17.9 Å². The number of ether oxygens (including phenoxy) is 1. The minimum absolute atomic E-state index is 0.0294. The van der Waals surface area contributed by atoms with E-state index in [2.05, 4.69) is 9.72 Å². The Morgan fingerprint density at radius 2 is 2.07 bits per heavy atom. The Morgan fingerprint density at radius 3 is 2.53 bits per heavy atom. The van der Waals surface area contributed by atoms with E-state index in [4.69, 9.17) is 11.5 Å². The largest absolute Gasteiger partial charge is 0.574 e. The van der Waals surface area contributed by atoms with Gasteiger partial charge in [0.05, 0.1) is 0 Å². The summed E-state index contributed by atoms with van der Waals surface area (Å²) in [5, 5.41) is 9.25. The first-order chi connectivity index (χ1) is 6.83. The lowest BCUT2D eigenvalue weighted by atomic mass is 10.2. The molecule has 0 radical (unpaired) electrons. The highest BCUT2D eigenvalue weighted by Crippen LogP contribution is 2.33. The maximum Gasteiger partial charge on any atom is 0.574 e. The maximum atomic E-state index is 11.8. The van der Waals surface area contributed by atoms with Crippen LogP contribution in [-0.4, -0.2) is 16.5 Å². The molecule has 0 unspecified atom stereocenters. The average Bonchev–Trinajstić information content (AvgIpc) is 2.08. The van der Waals surface area contributed by atoms with Crippen molar-refractivity contribution in [1.29, 1.82) is 0 Å². The van der Waals surface area contributed by atoms with Gasteiger partial charge in [-0.2, -0.15) is 4.98 Å². The van der Waals surface area contributed by atoms with Crippen molar-refractivity contribution < 1.29 is 23.0 Å². The van der Waals surface area contributed by atoms with E-state index < -0.39 is 18.0 Å². The molecule has 15 heavy (non-hydrogen) atoms. The van der Waals surface area contributed by atoms with E-state index in [0.717, 1.165) is 0 Å². The predicted octanol–water partition coefficient (Wildman–Crippen LogP) is 0.727. The molecule has 0 aliphatic rings. The van der Waals surface area contributed by atoms with Crippen LogP contribution in [0.15, 0.2) is 6.07 Å². The number of nitrogen functional groups attached to an aromatic ring is 1. The topological polar surface area (TPSA) is 94.4 Å². The second kappa shape index (κ2) is 3.81. The molecule has 5 nitrogen and oxygen atoms in total. The Balaban J connectivity index is 3.12. The molecule has 1 rings (SSSR count). The number of hydrogen-bond acceptors (Lipinski definition) is 5. The van der Waals surface area contributed by atoms with Crippen LogP contribution in [0.3, 0.4) is 0 Å². The standard InChI is InChI=1S/C7H8F3N3O2/c8-7(9,10)15-6-5(14)3(2-11)1-4(12)13-6/h1,14H,2,11H2,(H2,12,13). The minimum Gasteiger partial charge on any atom is -0.503 e. The van der Waals surface area contributed by atoms with Gasteiger partial charge in [0.2, 0.25) is 0 Å². The van der Waals surface area contributed by atoms with Crippen molar-refractivity contribution in [3.05, 3.63) is 11.6 Å². The number of hydrogen-bond donors (Lipinski definition) is 3. The third kappa shape index (κ3) is 2.88. The molecule has 5 N–H and O–H groups in total. The minimum atomic E-state index is -4.94. The first-order valence-corrected chi connectivity index (χ1v) is 3.77. The third-order valence-electron chi connectivity index (χ3n) is 1.49. The summed E-state index contributed by atoms with van der Waals surface area (Å²) in [5.41, 5.74) is 10.4. The van der Waals surface area contributed by atoms with Gasteiger partial charge in [0.1, 0.15) is 5.82 Å². The lowest BCUT2D eigenvalue weighted by Gasteiger charge is -2.11. The van der Waals surface area contributed by atoms with Crippen LogP contribution in [0.1, 0.15) is 5.56 Å². The average molecular weight is 223 g/mol. The monoisotopic (exact) mass is 223 g/mol. The molecule has 0 saturated heterocycles. The molecule has 1 heterocycles. The number of halogens is 3. The smallest absolute Gasteiger partial charge is 0.503 e. The highest BCUT2D eigenvalue weighted by molar-refractivity contribution is 5.48. The lowest BCUT2D eigenvalue weighted by molar-refractivity contribution is -0.276. The summed E-state index contributed by atoms with van der Waals surface area (Å²) in [6.07, 6.45) is -4.94. The summed E-state index contributed by atoms with van der Waals surface area (Å²) in [7, 11) is 0. The summed E-state index contributed by atoms with van der Waals surface area (Å²) in [4.78, 5) is 3.20. The van der Waals surface area contributed by atoms with Gasteiger partial charge in [-0.3, -0.25) is 0 Å². The zero-order valence-corrected chi connectivity index (χ0v) is 7.38. The van der Waals surface area contributed by atoms with Crippen LogP contribution in [0.2, 0.25) is 0 Å². The maximum absolute atomic E-state index is 11.8. The molecule has 1 aromatic heterocycles. The molecule has 0 amide bonds. The Bertz CT molecular complexity index is 367. The van der Waals surface area contributed by atoms with Gasteiger partial charge in [-0.15, -0.1) is 13.2 Å². The van der Waals surface area contributed by atoms with Crippen LogP contribution in [-0.2, 0) is 6.54 Å². The Morgan fingerprint density at radius 1 is 1.47 bits per heavy atom. The Hall–Kier alpha value is -1.70. The molecular weight excluding hydrogens is 215 g/mol. The predicted molar refractivity (Wildman–Crippen MR) is 44.9 cm³/mol. The number of nitrogens with zero attached hydrogens (tertiary/aromatic N) is 1. The van der Waals surface area contributed by atoms with E-state index in [1.54, 1.807) is 0 Å². The van der Waals surface area contributed by atoms with Crippen LogP contribution >= 0.6 is 0 Å². The summed E-state index contributed by atoms with van der Waals surface area (Å²) >= 11 is 0. The SMILES string of the molecule is NCc1cc(N)nc(OC(F)(F)F)c1O. The Labute approximate surface area is 82.5 Å². The number of anilines is 1. The number of pyridine rings is 1. The van der Waals surface area contributed by atoms with Crippen LogP contribution in [0.25, 0.3) is 0 Å². The van der Waals surface area contributed by atoms with Gasteiger partial charge in [-0.25, -0.2) is 0 Å². The molecular formula is C7H8F3N3O2. The molecule has 0 saturated carbocycles. The van der Waals surface area contributed by atoms with Crippen molar-refractivity contribution in [3.63, 3.8) is 0 Å². The van der Waals surface area contributed by atoms with E-state index in [1.165, 1.54) is 6.07 Å². The summed E-state index contributed by atoms with van der Waals surface area (Å²) < 4.78 is 39.0. The van der Waals surface area contributed by atoms with E-state index >= 15 is 0 Å². The van der Waals surface area contributed by atoms with E-state index in [0.29, 0.717) is 0 Å². The summed E-state index contributed by atoms with van der Waals surface area (Å²) in [6, 6.07) is 1.17. The van der Waals surface area contributed by atoms with Crippen LogP contribution in [0.4, 0.5) is 19.0 Å². The fraction of sp³-hybridized carbons (Fsp3) is 0.286. The second-order valence-corrected chi connectivity index (χ2v) is 2.61. The molecule has 0 atom stereocenters. The second-order valence-electron chi connectivity index (χ2n) is 2.61. The van der Waals surface area contributed by atoms with Crippen molar-refractivity contribution in [2.24, 2.45) is 5.73 Å². The van der Waals surface area contributed by atoms with Crippen molar-refractivity contribution >= 4 is 5.82 Å². The number of aromatic hydroxyl groups is 1. The first-order valence-electron chi connectivity index (χ1n) is 3.77. The molecule has 1 aromatic rings. The van der Waals surface area contributed by atoms with Gasteiger partial charge in [-0.1, -0.05) is 0 Å². The fourth-order valence-electron chi connectivity index (χ4n) is 0.923. The lowest BCUT2D eigenvalue weighted by Crippen LogP contribution is -2.18. The van der Waals surface area contributed by atoms with E-state index in [9.17, 15) is 18.3 Å². The third-order valence-corrected chi connectivity index (χ3v) is 1.49. The van der Waals surface area contributed by atoms with Crippen LogP contribution < -0.4 is 16.2 Å². The highest BCUT2D eigenvalue weighted by atomic mass is 19.4. The molecule has 84 valence electrons. The molecule has 0 fully saturated rings. The fourth-order valence-corrected chi connectivity index (χ4v) is 0.923. The zero-order valence-electron chi connectivity index (χ0n) is 7.38. The van der Waals surface area contributed by atoms with Gasteiger partial charge >= 0.3 is 6.36 Å². The number of nitrogens with two attached hydrogens (primary N) is 2. The van der Waals surface area contributed by atoms with Gasteiger partial charge in [0.25, 0.3) is 5.88 Å². The molecule has 0 aliphatic carbocycles. The van der Waals surface area contributed by atoms with Crippen LogP contribution in [0.5, 0.6) is 11.6 Å². The quantitative estimate of drug-likeness (QED) is 0.686. The zero-order chi connectivity index (χ0) is 11.6.